The molecule has 1 aliphatic heterocycles. The molecule has 0 aromatic carbocycles. The highest BCUT2D eigenvalue weighted by molar-refractivity contribution is 14.1. The van der Waals surface area contributed by atoms with Gasteiger partial charge in [0.25, 0.3) is 0 Å². The number of hydrogen-bond donors (Lipinski definition) is 0. The molecule has 0 unspecified atom stereocenters. The number of allylic oxidation sites excluding steroid dienone is 1. The van der Waals surface area contributed by atoms with Gasteiger partial charge in [0.2, 0.25) is 0 Å². The van der Waals surface area contributed by atoms with Crippen molar-refractivity contribution in [2.75, 3.05) is 0 Å². The van der Waals surface area contributed by atoms with Gasteiger partial charge in [0, 0.05) is 3.48 Å². The van der Waals surface area contributed by atoms with Crippen LogP contribution in [0.25, 0.3) is 0 Å². The van der Waals surface area contributed by atoms with Gasteiger partial charge >= 0.3 is 7.12 Å². The molecule has 1 saturated heterocycles. The van der Waals surface area contributed by atoms with Gasteiger partial charge in [-0.05, 0) is 34.1 Å². The molecule has 0 atom stereocenters. The number of hydrogen-bond acceptors (Lipinski definition) is 2. The predicted molar refractivity (Wildman–Crippen MR) is 77.7 cm³/mol. The Balaban J connectivity index is 2.62. The predicted octanol–water partition coefficient (Wildman–Crippen LogP) is 4.13. The van der Waals surface area contributed by atoms with E-state index in [0.717, 1.165) is 6.42 Å². The zero-order valence-electron chi connectivity index (χ0n) is 11.0. The summed E-state index contributed by atoms with van der Waals surface area (Å²) in [4.78, 5) is 0. The Labute approximate surface area is 113 Å². The van der Waals surface area contributed by atoms with Crippen molar-refractivity contribution in [1.29, 1.82) is 0 Å². The molecule has 0 radical (unpaired) electrons. The first-order valence-corrected chi connectivity index (χ1v) is 7.09. The molecule has 0 aromatic heterocycles. The molecule has 0 spiro atoms. The van der Waals surface area contributed by atoms with E-state index in [1.54, 1.807) is 0 Å². The van der Waals surface area contributed by atoms with E-state index >= 15 is 0 Å². The summed E-state index contributed by atoms with van der Waals surface area (Å²) in [6.07, 6.45) is 5.79. The van der Waals surface area contributed by atoms with Crippen molar-refractivity contribution in [2.45, 2.75) is 65.1 Å². The minimum absolute atomic E-state index is 0.178. The van der Waals surface area contributed by atoms with Gasteiger partial charge in [-0.3, -0.25) is 0 Å². The first-order chi connectivity index (χ1) is 7.30. The summed E-state index contributed by atoms with van der Waals surface area (Å²) >= 11 is 2.33. The molecule has 4 heteroatoms. The first-order valence-electron chi connectivity index (χ1n) is 6.01. The van der Waals surface area contributed by atoms with Crippen LogP contribution in [0.4, 0.5) is 0 Å². The summed E-state index contributed by atoms with van der Waals surface area (Å²) < 4.78 is 13.1. The van der Waals surface area contributed by atoms with E-state index in [-0.39, 0.29) is 18.3 Å². The van der Waals surface area contributed by atoms with Crippen molar-refractivity contribution in [3.8, 4) is 0 Å². The standard InChI is InChI=1S/C12H22BIO2/c1-6-7-8-9-10(14)13-15-11(2,3)12(4,5)16-13/h9H,6-8H2,1-5H3/b10-9+. The summed E-state index contributed by atoms with van der Waals surface area (Å²) in [5.74, 6) is 0. The molecule has 92 valence electrons. The fraction of sp³-hybridized carbons (Fsp3) is 0.833. The molecule has 1 fully saturated rings. The third kappa shape index (κ3) is 3.23. The van der Waals surface area contributed by atoms with Crippen molar-refractivity contribution in [1.82, 2.24) is 0 Å². The minimum Gasteiger partial charge on any atom is -0.399 e. The normalized spacial score (nSPS) is 23.9. The lowest BCUT2D eigenvalue weighted by atomic mass is 9.89. The van der Waals surface area contributed by atoms with Crippen LogP contribution in [0.2, 0.25) is 0 Å². The molecule has 0 aliphatic carbocycles. The third-order valence-electron chi connectivity index (χ3n) is 3.38. The van der Waals surface area contributed by atoms with Gasteiger partial charge in [-0.15, -0.1) is 0 Å². The maximum Gasteiger partial charge on any atom is 0.500 e. The van der Waals surface area contributed by atoms with E-state index in [9.17, 15) is 0 Å². The number of unbranched alkanes of at least 4 members (excludes halogenated alkanes) is 2. The molecule has 0 saturated carbocycles. The lowest BCUT2D eigenvalue weighted by Crippen LogP contribution is -2.41. The van der Waals surface area contributed by atoms with Crippen LogP contribution in [0.1, 0.15) is 53.9 Å². The van der Waals surface area contributed by atoms with Crippen LogP contribution < -0.4 is 0 Å². The Hall–Kier alpha value is 0.455. The van der Waals surface area contributed by atoms with Crippen molar-refractivity contribution >= 4 is 29.7 Å². The summed E-state index contributed by atoms with van der Waals surface area (Å²) in [6, 6.07) is 0. The van der Waals surface area contributed by atoms with Gasteiger partial charge in [0.15, 0.2) is 0 Å². The number of halogens is 1. The summed E-state index contributed by atoms with van der Waals surface area (Å²) in [7, 11) is -0.178. The molecular formula is C12H22BIO2. The molecule has 2 nitrogen and oxygen atoms in total. The molecule has 0 amide bonds. The van der Waals surface area contributed by atoms with E-state index < -0.39 is 0 Å². The molecule has 1 aliphatic rings. The molecule has 0 N–H and O–H groups in total. The van der Waals surface area contributed by atoms with Crippen molar-refractivity contribution < 1.29 is 9.31 Å². The van der Waals surface area contributed by atoms with Crippen molar-refractivity contribution in [3.63, 3.8) is 0 Å². The Bertz CT molecular complexity index is 258. The second-order valence-electron chi connectivity index (χ2n) is 5.32. The molecule has 1 heterocycles. The smallest absolute Gasteiger partial charge is 0.399 e. The zero-order valence-corrected chi connectivity index (χ0v) is 13.1. The molecule has 0 bridgehead atoms. The summed E-state index contributed by atoms with van der Waals surface area (Å²) in [5, 5.41) is 0. The average Bonchev–Trinajstić information content (AvgIpc) is 2.36. The van der Waals surface area contributed by atoms with E-state index in [1.807, 2.05) is 0 Å². The molecular weight excluding hydrogens is 314 g/mol. The highest BCUT2D eigenvalue weighted by Gasteiger charge is 2.51. The van der Waals surface area contributed by atoms with E-state index in [2.05, 4.69) is 63.3 Å². The van der Waals surface area contributed by atoms with Crippen LogP contribution in [0.3, 0.4) is 0 Å². The third-order valence-corrected chi connectivity index (χ3v) is 4.32. The molecule has 1 rings (SSSR count). The van der Waals surface area contributed by atoms with Crippen LogP contribution >= 0.6 is 22.6 Å². The van der Waals surface area contributed by atoms with Crippen LogP contribution in [-0.2, 0) is 9.31 Å². The Morgan fingerprint density at radius 2 is 1.69 bits per heavy atom. The number of rotatable bonds is 4. The van der Waals surface area contributed by atoms with Crippen molar-refractivity contribution in [2.24, 2.45) is 0 Å². The quantitative estimate of drug-likeness (QED) is 0.437. The van der Waals surface area contributed by atoms with E-state index in [0.29, 0.717) is 0 Å². The fourth-order valence-electron chi connectivity index (χ4n) is 1.50. The first kappa shape index (κ1) is 14.5. The molecule has 16 heavy (non-hydrogen) atoms. The Kier molecular flexibility index (Phi) is 4.90. The topological polar surface area (TPSA) is 18.5 Å². The van der Waals surface area contributed by atoms with Gasteiger partial charge < -0.3 is 9.31 Å². The maximum atomic E-state index is 5.96. The van der Waals surface area contributed by atoms with Crippen molar-refractivity contribution in [3.05, 3.63) is 9.56 Å². The highest BCUT2D eigenvalue weighted by atomic mass is 127. The van der Waals surface area contributed by atoms with Gasteiger partial charge in [-0.25, -0.2) is 0 Å². The van der Waals surface area contributed by atoms with Gasteiger partial charge in [0.05, 0.1) is 11.2 Å². The Morgan fingerprint density at radius 3 is 2.12 bits per heavy atom. The van der Waals surface area contributed by atoms with Crippen LogP contribution in [-0.4, -0.2) is 18.3 Å². The minimum atomic E-state index is -0.229. The second kappa shape index (κ2) is 5.40. The summed E-state index contributed by atoms with van der Waals surface area (Å²) in [6.45, 7) is 10.5. The van der Waals surface area contributed by atoms with Gasteiger partial charge in [0.1, 0.15) is 0 Å². The highest BCUT2D eigenvalue weighted by Crippen LogP contribution is 2.39. The van der Waals surface area contributed by atoms with Gasteiger partial charge in [-0.1, -0.05) is 48.4 Å². The molecule has 0 aromatic rings. The van der Waals surface area contributed by atoms with E-state index in [1.165, 1.54) is 16.3 Å². The fourth-order valence-corrected chi connectivity index (χ4v) is 2.06. The zero-order chi connectivity index (χ0) is 12.4. The SMILES string of the molecule is CCCC/C=C(/I)B1OC(C)(C)C(C)(C)O1. The second-order valence-corrected chi connectivity index (χ2v) is 6.57. The Morgan fingerprint density at radius 1 is 1.19 bits per heavy atom. The van der Waals surface area contributed by atoms with Crippen LogP contribution in [0.15, 0.2) is 9.56 Å². The average molecular weight is 336 g/mol. The summed E-state index contributed by atoms with van der Waals surface area (Å²) in [5.41, 5.74) is -0.459. The largest absolute Gasteiger partial charge is 0.500 e. The van der Waals surface area contributed by atoms with E-state index in [4.69, 9.17) is 9.31 Å². The maximum absolute atomic E-state index is 5.96. The monoisotopic (exact) mass is 336 g/mol. The lowest BCUT2D eigenvalue weighted by molar-refractivity contribution is 0.00578. The van der Waals surface area contributed by atoms with Crippen LogP contribution in [0, 0.1) is 0 Å². The lowest BCUT2D eigenvalue weighted by Gasteiger charge is -2.32. The van der Waals surface area contributed by atoms with Crippen LogP contribution in [0.5, 0.6) is 0 Å². The van der Waals surface area contributed by atoms with Gasteiger partial charge in [-0.2, -0.15) is 0 Å².